The maximum Gasteiger partial charge on any atom is 0.261 e. The van der Waals surface area contributed by atoms with Gasteiger partial charge in [0.2, 0.25) is 0 Å². The molecule has 7 nitrogen and oxygen atoms in total. The number of aromatic nitrogens is 1. The van der Waals surface area contributed by atoms with Crippen LogP contribution in [-0.2, 0) is 0 Å². The van der Waals surface area contributed by atoms with Crippen molar-refractivity contribution >= 4 is 22.4 Å². The van der Waals surface area contributed by atoms with Gasteiger partial charge in [-0.05, 0) is 30.5 Å². The number of rotatable bonds is 4. The Labute approximate surface area is 127 Å². The smallest absolute Gasteiger partial charge is 0.261 e. The summed E-state index contributed by atoms with van der Waals surface area (Å²) in [6, 6.07) is 5.07. The van der Waals surface area contributed by atoms with Gasteiger partial charge in [0.1, 0.15) is 23.2 Å². The zero-order chi connectivity index (χ0) is 16.3. The van der Waals surface area contributed by atoms with Gasteiger partial charge in [-0.3, -0.25) is 4.79 Å². The second-order valence-corrected chi connectivity index (χ2v) is 4.70. The molecule has 0 radical (unpaired) electrons. The highest BCUT2D eigenvalue weighted by Crippen LogP contribution is 2.29. The van der Waals surface area contributed by atoms with Crippen molar-refractivity contribution in [2.24, 2.45) is 16.5 Å². The molecule has 1 aromatic heterocycles. The van der Waals surface area contributed by atoms with Crippen LogP contribution in [-0.4, -0.2) is 25.0 Å². The van der Waals surface area contributed by atoms with Gasteiger partial charge >= 0.3 is 0 Å². The predicted molar refractivity (Wildman–Crippen MR) is 86.9 cm³/mol. The fourth-order valence-electron chi connectivity index (χ4n) is 2.07. The standard InChI is InChI=1S/C15H18N4O3/c1-8(16)4-12(17)18-13-6-9-5-10(21-2)7-11(22-3)14(9)15(20)19-13/h4-7H,16H2,1-3H3,(H3,17,18,19,20)/b8-4-. The third-order valence-corrected chi connectivity index (χ3v) is 2.95. The minimum Gasteiger partial charge on any atom is -0.497 e. The Hall–Kier alpha value is -2.96. The fourth-order valence-corrected chi connectivity index (χ4v) is 2.07. The maximum atomic E-state index is 12.3. The number of amidine groups is 1. The van der Waals surface area contributed by atoms with Gasteiger partial charge in [0, 0.05) is 11.8 Å². The molecule has 1 aromatic carbocycles. The van der Waals surface area contributed by atoms with E-state index in [-0.39, 0.29) is 11.4 Å². The zero-order valence-electron chi connectivity index (χ0n) is 12.6. The predicted octanol–water partition coefficient (Wildman–Crippen LogP) is 1.40. The zero-order valence-corrected chi connectivity index (χ0v) is 12.6. The van der Waals surface area contributed by atoms with Crippen molar-refractivity contribution in [3.63, 3.8) is 0 Å². The van der Waals surface area contributed by atoms with Crippen LogP contribution in [0.1, 0.15) is 6.92 Å². The summed E-state index contributed by atoms with van der Waals surface area (Å²) in [4.78, 5) is 19.0. The Morgan fingerprint density at radius 1 is 1.23 bits per heavy atom. The van der Waals surface area contributed by atoms with Crippen LogP contribution in [0.5, 0.6) is 11.5 Å². The van der Waals surface area contributed by atoms with Gasteiger partial charge in [0.25, 0.3) is 5.56 Å². The third-order valence-electron chi connectivity index (χ3n) is 2.95. The van der Waals surface area contributed by atoms with Crippen LogP contribution in [0.4, 0.5) is 5.82 Å². The molecular formula is C15H18N4O3. The normalized spacial score (nSPS) is 12.5. The van der Waals surface area contributed by atoms with Crippen molar-refractivity contribution in [3.05, 3.63) is 40.3 Å². The van der Waals surface area contributed by atoms with E-state index < -0.39 is 0 Å². The Morgan fingerprint density at radius 3 is 2.55 bits per heavy atom. The quantitative estimate of drug-likeness (QED) is 0.583. The average Bonchev–Trinajstić information content (AvgIpc) is 2.44. The molecule has 5 N–H and O–H groups in total. The summed E-state index contributed by atoms with van der Waals surface area (Å²) in [7, 11) is 3.03. The van der Waals surface area contributed by atoms with Crippen LogP contribution in [0.15, 0.2) is 39.8 Å². The largest absolute Gasteiger partial charge is 0.497 e. The minimum atomic E-state index is -0.322. The molecule has 22 heavy (non-hydrogen) atoms. The molecule has 0 saturated heterocycles. The van der Waals surface area contributed by atoms with Gasteiger partial charge in [-0.15, -0.1) is 0 Å². The lowest BCUT2D eigenvalue weighted by Gasteiger charge is -2.08. The van der Waals surface area contributed by atoms with E-state index in [0.29, 0.717) is 33.8 Å². The minimum absolute atomic E-state index is 0.199. The van der Waals surface area contributed by atoms with Crippen molar-refractivity contribution in [1.82, 2.24) is 4.98 Å². The third kappa shape index (κ3) is 3.20. The van der Waals surface area contributed by atoms with Gasteiger partial charge in [-0.25, -0.2) is 4.99 Å². The summed E-state index contributed by atoms with van der Waals surface area (Å²) in [5, 5.41) is 1.06. The fraction of sp³-hybridized carbons (Fsp3) is 0.200. The molecule has 0 fully saturated rings. The Morgan fingerprint density at radius 2 is 1.95 bits per heavy atom. The first-order chi connectivity index (χ1) is 10.4. The molecule has 116 valence electrons. The molecule has 0 atom stereocenters. The molecule has 0 bridgehead atoms. The molecule has 0 aliphatic heterocycles. The lowest BCUT2D eigenvalue weighted by molar-refractivity contribution is 0.398. The first-order valence-electron chi connectivity index (χ1n) is 6.51. The lowest BCUT2D eigenvalue weighted by Crippen LogP contribution is -2.12. The maximum absolute atomic E-state index is 12.3. The highest BCUT2D eigenvalue weighted by molar-refractivity contribution is 5.95. The second-order valence-electron chi connectivity index (χ2n) is 4.70. The summed E-state index contributed by atoms with van der Waals surface area (Å²) in [5.74, 6) is 1.53. The number of aromatic amines is 1. The number of aliphatic imine (C=N–C) groups is 1. The van der Waals surface area contributed by atoms with Crippen molar-refractivity contribution in [1.29, 1.82) is 0 Å². The van der Waals surface area contributed by atoms with E-state index in [9.17, 15) is 4.79 Å². The summed E-state index contributed by atoms with van der Waals surface area (Å²) < 4.78 is 10.4. The number of benzene rings is 1. The Kier molecular flexibility index (Phi) is 4.36. The van der Waals surface area contributed by atoms with Crippen LogP contribution in [0.3, 0.4) is 0 Å². The number of methoxy groups -OCH3 is 2. The molecule has 1 heterocycles. The van der Waals surface area contributed by atoms with Crippen molar-refractivity contribution in [2.75, 3.05) is 14.2 Å². The second kappa shape index (κ2) is 6.21. The summed E-state index contributed by atoms with van der Waals surface area (Å²) in [6.45, 7) is 1.70. The molecule has 0 amide bonds. The number of hydrogen-bond donors (Lipinski definition) is 3. The van der Waals surface area contributed by atoms with Gasteiger partial charge in [0.15, 0.2) is 0 Å². The van der Waals surface area contributed by atoms with Crippen LogP contribution < -0.4 is 26.5 Å². The average molecular weight is 302 g/mol. The molecule has 0 aliphatic rings. The summed E-state index contributed by atoms with van der Waals surface area (Å²) in [6.07, 6.45) is 1.51. The van der Waals surface area contributed by atoms with Crippen LogP contribution >= 0.6 is 0 Å². The van der Waals surface area contributed by atoms with E-state index in [4.69, 9.17) is 20.9 Å². The van der Waals surface area contributed by atoms with E-state index >= 15 is 0 Å². The molecule has 7 heteroatoms. The molecule has 0 saturated carbocycles. The number of nitrogens with two attached hydrogens (primary N) is 2. The summed E-state index contributed by atoms with van der Waals surface area (Å²) in [5.41, 5.74) is 11.5. The highest BCUT2D eigenvalue weighted by atomic mass is 16.5. The van der Waals surface area contributed by atoms with Crippen LogP contribution in [0.25, 0.3) is 10.8 Å². The number of pyridine rings is 1. The van der Waals surface area contributed by atoms with Crippen molar-refractivity contribution < 1.29 is 9.47 Å². The van der Waals surface area contributed by atoms with E-state index in [1.165, 1.54) is 13.2 Å². The monoisotopic (exact) mass is 302 g/mol. The Balaban J connectivity index is 2.67. The number of H-pyrrole nitrogens is 1. The number of fused-ring (bicyclic) bond motifs is 1. The summed E-state index contributed by atoms with van der Waals surface area (Å²) >= 11 is 0. The van der Waals surface area contributed by atoms with E-state index in [1.807, 2.05) is 0 Å². The molecule has 0 aliphatic carbocycles. The molecular weight excluding hydrogens is 284 g/mol. The first-order valence-corrected chi connectivity index (χ1v) is 6.51. The van der Waals surface area contributed by atoms with Gasteiger partial charge in [0.05, 0.1) is 19.6 Å². The van der Waals surface area contributed by atoms with Crippen LogP contribution in [0, 0.1) is 0 Å². The van der Waals surface area contributed by atoms with E-state index in [1.54, 1.807) is 32.2 Å². The van der Waals surface area contributed by atoms with Gasteiger partial charge in [-0.1, -0.05) is 0 Å². The molecule has 2 aromatic rings. The Bertz CT molecular complexity index is 817. The number of nitrogens with one attached hydrogen (secondary N) is 1. The molecule has 2 rings (SSSR count). The molecule has 0 unspecified atom stereocenters. The van der Waals surface area contributed by atoms with E-state index in [2.05, 4.69) is 9.98 Å². The van der Waals surface area contributed by atoms with Crippen LogP contribution in [0.2, 0.25) is 0 Å². The topological polar surface area (TPSA) is 116 Å². The SMILES string of the molecule is COc1cc(OC)c2c(=O)[nH]c(/N=C(N)\C=C(\C)N)cc2c1. The number of ether oxygens (including phenoxy) is 2. The van der Waals surface area contributed by atoms with Crippen molar-refractivity contribution in [2.45, 2.75) is 6.92 Å². The first kappa shape index (κ1) is 15.4. The van der Waals surface area contributed by atoms with Gasteiger partial charge in [-0.2, -0.15) is 0 Å². The number of hydrogen-bond acceptors (Lipinski definition) is 5. The molecule has 0 spiro atoms. The highest BCUT2D eigenvalue weighted by Gasteiger charge is 2.10. The van der Waals surface area contributed by atoms with Crippen molar-refractivity contribution in [3.8, 4) is 11.5 Å². The number of allylic oxidation sites excluding steroid dienone is 1. The van der Waals surface area contributed by atoms with E-state index in [0.717, 1.165) is 0 Å². The lowest BCUT2D eigenvalue weighted by atomic mass is 10.1. The van der Waals surface area contributed by atoms with Gasteiger partial charge < -0.3 is 25.9 Å². The number of nitrogens with zero attached hydrogens (tertiary/aromatic N) is 1.